The molecule has 0 radical (unpaired) electrons. The van der Waals surface area contributed by atoms with Crippen molar-refractivity contribution in [3.8, 4) is 0 Å². The molecular weight excluding hydrogens is 1100 g/mol. The van der Waals surface area contributed by atoms with Crippen LogP contribution in [0.4, 0.5) is 0 Å². The molecule has 9 nitrogen and oxygen atoms in total. The molecule has 0 aliphatic carbocycles. The molecule has 2 unspecified atom stereocenters. The Hall–Kier alpha value is -3.27. The number of allylic oxidation sites excluding steroid dienone is 12. The SMILES string of the molecule is CC/C=C\C/C=C\C/C=C\C/C=C\C/C=C\C/C=C\CCCCCCCCCCCCCCCCCCCCC(=O)OC(COC(=O)CCCCCCCCCCCCCCCCCCCCCCCCCCCCC)COC(OCC[N+](C)(C)C)C(=O)[O-]. The average Bonchev–Trinajstić information content (AvgIpc) is 3.70. The summed E-state index contributed by atoms with van der Waals surface area (Å²) >= 11 is 0. The van der Waals surface area contributed by atoms with Crippen LogP contribution < -0.4 is 5.11 Å². The van der Waals surface area contributed by atoms with Crippen LogP contribution in [0.25, 0.3) is 0 Å². The number of unbranched alkanes of at least 4 members (excludes halogenated alkanes) is 44. The van der Waals surface area contributed by atoms with Crippen molar-refractivity contribution in [2.24, 2.45) is 0 Å². The molecule has 0 aliphatic rings. The number of likely N-dealkylation sites (N-methyl/N-ethyl adjacent to an activating group) is 1. The molecule has 0 saturated heterocycles. The van der Waals surface area contributed by atoms with E-state index in [-0.39, 0.29) is 32.2 Å². The van der Waals surface area contributed by atoms with Crippen LogP contribution in [0.3, 0.4) is 0 Å². The molecule has 0 saturated carbocycles. The molecule has 0 aromatic rings. The fourth-order valence-electron chi connectivity index (χ4n) is 11.2. The second-order valence-electron chi connectivity index (χ2n) is 26.9. The molecule has 0 N–H and O–H groups in total. The lowest BCUT2D eigenvalue weighted by atomic mass is 10.0. The summed E-state index contributed by atoms with van der Waals surface area (Å²) in [5, 5.41) is 11.8. The lowest BCUT2D eigenvalue weighted by Gasteiger charge is -2.26. The van der Waals surface area contributed by atoms with Gasteiger partial charge in [-0.15, -0.1) is 0 Å². The van der Waals surface area contributed by atoms with Crippen molar-refractivity contribution in [1.29, 1.82) is 0 Å². The van der Waals surface area contributed by atoms with Crippen LogP contribution >= 0.6 is 0 Å². The Bertz CT molecular complexity index is 1690. The van der Waals surface area contributed by atoms with E-state index < -0.39 is 24.3 Å². The molecule has 0 aromatic carbocycles. The molecule has 0 heterocycles. The van der Waals surface area contributed by atoms with Gasteiger partial charge in [0.1, 0.15) is 13.2 Å². The van der Waals surface area contributed by atoms with E-state index in [4.69, 9.17) is 18.9 Å². The van der Waals surface area contributed by atoms with Gasteiger partial charge in [0.15, 0.2) is 12.4 Å². The summed E-state index contributed by atoms with van der Waals surface area (Å²) in [5.74, 6) is -2.26. The summed E-state index contributed by atoms with van der Waals surface area (Å²) < 4.78 is 22.9. The van der Waals surface area contributed by atoms with E-state index in [1.165, 1.54) is 257 Å². The topological polar surface area (TPSA) is 111 Å². The van der Waals surface area contributed by atoms with Crippen molar-refractivity contribution in [3.05, 3.63) is 72.9 Å². The van der Waals surface area contributed by atoms with Crippen LogP contribution in [0.1, 0.15) is 361 Å². The van der Waals surface area contributed by atoms with Gasteiger partial charge in [0.2, 0.25) is 0 Å². The zero-order valence-corrected chi connectivity index (χ0v) is 59.3. The Labute approximate surface area is 551 Å². The number of carbonyl (C=O) groups excluding carboxylic acids is 3. The van der Waals surface area contributed by atoms with Crippen molar-refractivity contribution in [2.75, 3.05) is 47.5 Å². The van der Waals surface area contributed by atoms with Gasteiger partial charge in [0.05, 0.1) is 40.3 Å². The molecule has 9 heteroatoms. The number of hydrogen-bond acceptors (Lipinski definition) is 8. The highest BCUT2D eigenvalue weighted by atomic mass is 16.7. The Balaban J connectivity index is 4.02. The van der Waals surface area contributed by atoms with E-state index in [1.54, 1.807) is 0 Å². The first-order chi connectivity index (χ1) is 43.6. The first kappa shape index (κ1) is 85.7. The van der Waals surface area contributed by atoms with Gasteiger partial charge < -0.3 is 33.3 Å². The number of carboxylic acid groups (broad SMARTS) is 1. The molecule has 89 heavy (non-hydrogen) atoms. The van der Waals surface area contributed by atoms with Crippen LogP contribution in [-0.4, -0.2) is 82.3 Å². The normalized spacial score (nSPS) is 13.0. The fraction of sp³-hybridized carbons (Fsp3) is 0.812. The fourth-order valence-corrected chi connectivity index (χ4v) is 11.2. The van der Waals surface area contributed by atoms with Gasteiger partial charge in [0.25, 0.3) is 0 Å². The van der Waals surface area contributed by atoms with Crippen molar-refractivity contribution in [3.63, 3.8) is 0 Å². The largest absolute Gasteiger partial charge is 0.545 e. The minimum Gasteiger partial charge on any atom is -0.545 e. The van der Waals surface area contributed by atoms with Gasteiger partial charge in [-0.25, -0.2) is 0 Å². The predicted octanol–water partition coefficient (Wildman–Crippen LogP) is 22.7. The van der Waals surface area contributed by atoms with E-state index in [0.717, 1.165) is 70.6 Å². The summed E-state index contributed by atoms with van der Waals surface area (Å²) in [6.07, 6.45) is 91.5. The third kappa shape index (κ3) is 72.0. The molecule has 0 rings (SSSR count). The number of rotatable bonds is 71. The number of carboxylic acids is 1. The van der Waals surface area contributed by atoms with E-state index in [0.29, 0.717) is 23.9 Å². The molecule has 2 atom stereocenters. The van der Waals surface area contributed by atoms with E-state index >= 15 is 0 Å². The molecule has 0 aromatic heterocycles. The Kier molecular flexibility index (Phi) is 68.0. The Morgan fingerprint density at radius 3 is 0.955 bits per heavy atom. The van der Waals surface area contributed by atoms with Crippen molar-refractivity contribution >= 4 is 17.9 Å². The average molecular weight is 1250 g/mol. The second-order valence-corrected chi connectivity index (χ2v) is 26.9. The third-order valence-electron chi connectivity index (χ3n) is 17.0. The molecule has 0 bridgehead atoms. The molecule has 0 amide bonds. The highest BCUT2D eigenvalue weighted by Gasteiger charge is 2.22. The smallest absolute Gasteiger partial charge is 0.306 e. The summed E-state index contributed by atoms with van der Waals surface area (Å²) in [7, 11) is 5.95. The number of quaternary nitrogens is 1. The molecule has 518 valence electrons. The standard InChI is InChI=1S/C80H145NO8/c1-6-8-10-12-14-16-18-20-22-24-26-28-30-32-34-35-36-37-38-39-40-41-42-43-45-47-49-51-53-55-57-59-61-63-65-67-69-71-78(83)89-76(75-88-80(79(84)85)86-73-72-81(3,4)5)74-87-77(82)70-68-66-64-62-60-58-56-54-52-50-48-46-44-33-31-29-27-25-23-21-19-17-15-13-11-9-7-2/h8,10,14,16,20,22,26,28,32,34,36-37,76,80H,6-7,9,11-13,15,17-19,21,23-25,27,29-31,33,35,38-75H2,1-5H3/b10-8-,16-14-,22-20-,28-26-,34-32-,37-36-. The van der Waals surface area contributed by atoms with E-state index in [9.17, 15) is 19.5 Å². The number of aliphatic carboxylic acids is 1. The molecule has 0 aliphatic heterocycles. The zero-order valence-electron chi connectivity index (χ0n) is 59.3. The number of esters is 2. The van der Waals surface area contributed by atoms with Gasteiger partial charge in [-0.2, -0.15) is 0 Å². The maximum Gasteiger partial charge on any atom is 0.306 e. The maximum atomic E-state index is 13.0. The first-order valence-electron chi connectivity index (χ1n) is 38.1. The lowest BCUT2D eigenvalue weighted by Crippen LogP contribution is -2.44. The summed E-state index contributed by atoms with van der Waals surface area (Å²) in [5.41, 5.74) is 0. The van der Waals surface area contributed by atoms with Crippen LogP contribution in [0.2, 0.25) is 0 Å². The number of nitrogens with zero attached hydrogens (tertiary/aromatic N) is 1. The quantitative estimate of drug-likeness (QED) is 0.0195. The van der Waals surface area contributed by atoms with Gasteiger partial charge in [0, 0.05) is 12.8 Å². The third-order valence-corrected chi connectivity index (χ3v) is 17.0. The lowest BCUT2D eigenvalue weighted by molar-refractivity contribution is -0.870. The van der Waals surface area contributed by atoms with Gasteiger partial charge in [-0.05, 0) is 64.2 Å². The Morgan fingerprint density at radius 2 is 0.640 bits per heavy atom. The summed E-state index contributed by atoms with van der Waals surface area (Å²) in [6, 6.07) is 0. The molecular formula is C80H145NO8. The van der Waals surface area contributed by atoms with Crippen LogP contribution in [0.5, 0.6) is 0 Å². The summed E-state index contributed by atoms with van der Waals surface area (Å²) in [4.78, 5) is 37.6. The highest BCUT2D eigenvalue weighted by molar-refractivity contribution is 5.70. The monoisotopic (exact) mass is 1250 g/mol. The minimum atomic E-state index is -1.62. The zero-order chi connectivity index (χ0) is 64.7. The van der Waals surface area contributed by atoms with Gasteiger partial charge in [-0.1, -0.05) is 356 Å². The maximum absolute atomic E-state index is 13.0. The minimum absolute atomic E-state index is 0.149. The van der Waals surface area contributed by atoms with Crippen molar-refractivity contribution in [1.82, 2.24) is 0 Å². The van der Waals surface area contributed by atoms with E-state index in [2.05, 4.69) is 86.8 Å². The van der Waals surface area contributed by atoms with Gasteiger partial charge in [-0.3, -0.25) is 9.59 Å². The summed E-state index contributed by atoms with van der Waals surface area (Å²) in [6.45, 7) is 4.70. The molecule has 0 fully saturated rings. The van der Waals surface area contributed by atoms with E-state index in [1.807, 2.05) is 21.1 Å². The van der Waals surface area contributed by atoms with Crippen LogP contribution in [0.15, 0.2) is 72.9 Å². The van der Waals surface area contributed by atoms with Crippen LogP contribution in [-0.2, 0) is 33.3 Å². The first-order valence-corrected chi connectivity index (χ1v) is 38.1. The van der Waals surface area contributed by atoms with Gasteiger partial charge >= 0.3 is 11.9 Å². The highest BCUT2D eigenvalue weighted by Crippen LogP contribution is 2.19. The number of hydrogen-bond donors (Lipinski definition) is 0. The predicted molar refractivity (Wildman–Crippen MR) is 380 cm³/mol. The van der Waals surface area contributed by atoms with Crippen molar-refractivity contribution < 1.29 is 42.9 Å². The molecule has 0 spiro atoms. The van der Waals surface area contributed by atoms with Crippen molar-refractivity contribution in [2.45, 2.75) is 373 Å². The number of carbonyl (C=O) groups is 3. The second kappa shape index (κ2) is 70.6. The van der Waals surface area contributed by atoms with Crippen LogP contribution in [0, 0.1) is 0 Å². The Morgan fingerprint density at radius 1 is 0.348 bits per heavy atom. The number of ether oxygens (including phenoxy) is 4.